The number of aromatic nitrogens is 1. The van der Waals surface area contributed by atoms with Crippen LogP contribution in [-0.4, -0.2) is 44.9 Å². The zero-order chi connectivity index (χ0) is 26.0. The number of nitrogens with zero attached hydrogens (tertiary/aromatic N) is 3. The molecule has 0 unspecified atom stereocenters. The first kappa shape index (κ1) is 23.3. The molecule has 190 valence electrons. The second kappa shape index (κ2) is 8.50. The summed E-state index contributed by atoms with van der Waals surface area (Å²) >= 11 is 0. The number of carbonyl (C=O) groups excluding carboxylic acids is 1. The number of carbonyl (C=O) groups is 2. The molecule has 2 heterocycles. The number of hydrogen-bond donors (Lipinski definition) is 2. The molecule has 1 aliphatic heterocycles. The van der Waals surface area contributed by atoms with Crippen LogP contribution in [-0.2, 0) is 12.8 Å². The fourth-order valence-electron chi connectivity index (χ4n) is 5.94. The highest BCUT2D eigenvalue weighted by Crippen LogP contribution is 2.40. The van der Waals surface area contributed by atoms with E-state index in [-0.39, 0.29) is 18.4 Å². The summed E-state index contributed by atoms with van der Waals surface area (Å²) in [6, 6.07) is 12.0. The predicted molar refractivity (Wildman–Crippen MR) is 138 cm³/mol. The third-order valence-electron chi connectivity index (χ3n) is 8.06. The summed E-state index contributed by atoms with van der Waals surface area (Å²) in [5, 5.41) is 22.6. The summed E-state index contributed by atoms with van der Waals surface area (Å²) in [4.78, 5) is 39.9. The molecule has 2 N–H and O–H groups in total. The van der Waals surface area contributed by atoms with Gasteiger partial charge in [0.1, 0.15) is 12.2 Å². The Kier molecular flexibility index (Phi) is 5.36. The van der Waals surface area contributed by atoms with E-state index in [0.717, 1.165) is 36.8 Å². The number of rotatable bonds is 4. The lowest BCUT2D eigenvalue weighted by molar-refractivity contribution is 0.0654. The molecular weight excluding hydrogens is 470 g/mol. The van der Waals surface area contributed by atoms with Crippen LogP contribution in [0.15, 0.2) is 47.4 Å². The van der Waals surface area contributed by atoms with E-state index < -0.39 is 28.6 Å². The number of hydrogen-bond acceptors (Lipinski definition) is 5. The van der Waals surface area contributed by atoms with Gasteiger partial charge in [-0.15, -0.1) is 0 Å². The molecule has 1 saturated carbocycles. The molecular formula is C29H29N3O5. The van der Waals surface area contributed by atoms with E-state index in [1.54, 1.807) is 4.90 Å². The third kappa shape index (κ3) is 3.70. The Hall–Kier alpha value is -4.07. The van der Waals surface area contributed by atoms with Crippen molar-refractivity contribution in [3.8, 4) is 5.75 Å². The molecule has 3 aromatic rings. The third-order valence-corrected chi connectivity index (χ3v) is 8.06. The predicted octanol–water partition coefficient (Wildman–Crippen LogP) is 3.52. The van der Waals surface area contributed by atoms with E-state index in [9.17, 15) is 24.6 Å². The van der Waals surface area contributed by atoms with E-state index >= 15 is 0 Å². The van der Waals surface area contributed by atoms with Crippen LogP contribution in [0.2, 0.25) is 0 Å². The number of fused-ring (bicyclic) bond motifs is 3. The van der Waals surface area contributed by atoms with Crippen molar-refractivity contribution in [3.63, 3.8) is 0 Å². The number of aromatic hydroxyl groups is 1. The number of carboxylic acids is 1. The molecule has 0 spiro atoms. The summed E-state index contributed by atoms with van der Waals surface area (Å²) < 4.78 is 1.42. The molecule has 2 aromatic carbocycles. The molecule has 1 fully saturated rings. The second-order valence-electron chi connectivity index (χ2n) is 10.5. The highest BCUT2D eigenvalue weighted by Gasteiger charge is 2.41. The Morgan fingerprint density at radius 2 is 1.57 bits per heavy atom. The molecule has 6 rings (SSSR count). The van der Waals surface area contributed by atoms with Gasteiger partial charge in [-0.3, -0.25) is 19.3 Å². The molecule has 0 bridgehead atoms. The molecule has 0 radical (unpaired) electrons. The quantitative estimate of drug-likeness (QED) is 0.570. The number of benzene rings is 2. The van der Waals surface area contributed by atoms with Crippen molar-refractivity contribution >= 4 is 11.9 Å². The van der Waals surface area contributed by atoms with Gasteiger partial charge in [-0.25, -0.2) is 4.79 Å². The van der Waals surface area contributed by atoms with Crippen LogP contribution >= 0.6 is 0 Å². The summed E-state index contributed by atoms with van der Waals surface area (Å²) in [5.41, 5.74) is 5.13. The van der Waals surface area contributed by atoms with Gasteiger partial charge in [-0.05, 0) is 78.8 Å². The first-order chi connectivity index (χ1) is 17.8. The van der Waals surface area contributed by atoms with Crippen LogP contribution < -0.4 is 10.4 Å². The van der Waals surface area contributed by atoms with Crippen molar-refractivity contribution in [2.75, 3.05) is 18.2 Å². The van der Waals surface area contributed by atoms with E-state index in [1.165, 1.54) is 33.1 Å². The molecule has 8 nitrogen and oxygen atoms in total. The van der Waals surface area contributed by atoms with Crippen molar-refractivity contribution in [2.45, 2.75) is 45.6 Å². The standard InChI is InChI=1S/C29H29N3O5/c1-16-5-3-7-21-19(16)11-12-20-17(2)6-4-8-22(20)24(21)32-15-30(13-18-9-10-18)28(35)25-27(34)26(33)23(29(36)37)14-31(25)32/h3-8,14,18,24,34H,9-13,15H2,1-2H3,(H,36,37). The number of amides is 1. The van der Waals surface area contributed by atoms with Crippen molar-refractivity contribution in [2.24, 2.45) is 5.92 Å². The van der Waals surface area contributed by atoms with Crippen molar-refractivity contribution < 1.29 is 19.8 Å². The van der Waals surface area contributed by atoms with Gasteiger partial charge in [0.15, 0.2) is 11.4 Å². The average molecular weight is 500 g/mol. The minimum absolute atomic E-state index is 0.186. The zero-order valence-corrected chi connectivity index (χ0v) is 20.9. The van der Waals surface area contributed by atoms with Crippen molar-refractivity contribution in [1.29, 1.82) is 0 Å². The molecule has 37 heavy (non-hydrogen) atoms. The van der Waals surface area contributed by atoms with Crippen LogP contribution in [0.5, 0.6) is 5.75 Å². The lowest BCUT2D eigenvalue weighted by Gasteiger charge is -2.44. The Morgan fingerprint density at radius 1 is 0.973 bits per heavy atom. The highest BCUT2D eigenvalue weighted by molar-refractivity contribution is 5.98. The minimum atomic E-state index is -1.45. The van der Waals surface area contributed by atoms with Crippen molar-refractivity contribution in [1.82, 2.24) is 9.58 Å². The van der Waals surface area contributed by atoms with Crippen molar-refractivity contribution in [3.05, 3.63) is 97.5 Å². The summed E-state index contributed by atoms with van der Waals surface area (Å²) in [7, 11) is 0. The second-order valence-corrected chi connectivity index (χ2v) is 10.5. The Balaban J connectivity index is 1.64. The van der Waals surface area contributed by atoms with Gasteiger partial charge >= 0.3 is 5.97 Å². The summed E-state index contributed by atoms with van der Waals surface area (Å²) in [6.45, 7) is 4.92. The molecule has 1 amide bonds. The maximum atomic E-state index is 13.6. The fraction of sp³-hybridized carbons (Fsp3) is 0.345. The van der Waals surface area contributed by atoms with E-state index in [2.05, 4.69) is 38.1 Å². The average Bonchev–Trinajstić information content (AvgIpc) is 3.69. The SMILES string of the molecule is Cc1cccc2c1CCc1c(C)cccc1C2N1CN(CC2CC2)C(=O)c2c(O)c(=O)c(C(=O)O)cn21. The lowest BCUT2D eigenvalue weighted by atomic mass is 9.91. The minimum Gasteiger partial charge on any atom is -0.502 e. The number of aromatic carboxylic acids is 1. The highest BCUT2D eigenvalue weighted by atomic mass is 16.4. The first-order valence-electron chi connectivity index (χ1n) is 12.7. The zero-order valence-electron chi connectivity index (χ0n) is 20.9. The monoisotopic (exact) mass is 499 g/mol. The largest absolute Gasteiger partial charge is 0.502 e. The number of aryl methyl sites for hydroxylation is 2. The Bertz CT molecular complexity index is 1470. The van der Waals surface area contributed by atoms with Crippen LogP contribution in [0.4, 0.5) is 0 Å². The maximum absolute atomic E-state index is 13.6. The molecule has 2 aliphatic carbocycles. The van der Waals surface area contributed by atoms with Gasteiger partial charge in [0.2, 0.25) is 5.43 Å². The Labute approximate surface area is 214 Å². The number of pyridine rings is 1. The molecule has 0 atom stereocenters. The topological polar surface area (TPSA) is 103 Å². The normalized spacial score (nSPS) is 17.2. The van der Waals surface area contributed by atoms with Gasteiger partial charge in [0.25, 0.3) is 5.91 Å². The van der Waals surface area contributed by atoms with Crippen LogP contribution in [0.3, 0.4) is 0 Å². The van der Waals surface area contributed by atoms with Crippen LogP contribution in [0.25, 0.3) is 0 Å². The van der Waals surface area contributed by atoms with Gasteiger partial charge in [-0.1, -0.05) is 36.4 Å². The smallest absolute Gasteiger partial charge is 0.341 e. The molecule has 1 aromatic heterocycles. The fourth-order valence-corrected chi connectivity index (χ4v) is 5.94. The molecule has 0 saturated heterocycles. The van der Waals surface area contributed by atoms with Gasteiger partial charge in [-0.2, -0.15) is 0 Å². The lowest BCUT2D eigenvalue weighted by Crippen LogP contribution is -2.56. The molecule has 3 aliphatic rings. The van der Waals surface area contributed by atoms with E-state index in [4.69, 9.17) is 0 Å². The molecule has 8 heteroatoms. The van der Waals surface area contributed by atoms with E-state index in [1.807, 2.05) is 17.1 Å². The number of carboxylic acid groups (broad SMARTS) is 1. The Morgan fingerprint density at radius 3 is 2.11 bits per heavy atom. The van der Waals surface area contributed by atoms with Gasteiger partial charge in [0, 0.05) is 12.7 Å². The van der Waals surface area contributed by atoms with Gasteiger partial charge in [0.05, 0.1) is 6.04 Å². The van der Waals surface area contributed by atoms with Crippen LogP contribution in [0, 0.1) is 19.8 Å². The van der Waals surface area contributed by atoms with E-state index in [0.29, 0.717) is 12.5 Å². The summed E-state index contributed by atoms with van der Waals surface area (Å²) in [6.07, 6.45) is 4.99. The maximum Gasteiger partial charge on any atom is 0.341 e. The van der Waals surface area contributed by atoms with Gasteiger partial charge < -0.3 is 15.1 Å². The summed E-state index contributed by atoms with van der Waals surface area (Å²) in [5.74, 6) is -2.34. The first-order valence-corrected chi connectivity index (χ1v) is 12.7. The van der Waals surface area contributed by atoms with Crippen LogP contribution in [0.1, 0.15) is 73.1 Å².